The van der Waals surface area contributed by atoms with Crippen LogP contribution in [0.2, 0.25) is 0 Å². The fourth-order valence-corrected chi connectivity index (χ4v) is 5.26. The van der Waals surface area contributed by atoms with Gasteiger partial charge in [0, 0.05) is 59.1 Å². The van der Waals surface area contributed by atoms with Crippen LogP contribution in [-0.2, 0) is 21.8 Å². The van der Waals surface area contributed by atoms with Gasteiger partial charge in [-0.2, -0.15) is 21.6 Å². The minimum Gasteiger partial charge on any atom is -0.491 e. The maximum atomic E-state index is 13.3. The molecule has 0 saturated carbocycles. The number of hydrogen-bond acceptors (Lipinski definition) is 7. The third kappa shape index (κ3) is 7.60. The standard InChI is InChI=1S/C24H34F3N5O5S/c1-16-11-32(9-8-24(25,26)27)17(2)14-37-20-10-18(29-38(34,35)22-13-30(3)15-28-22)6-7-19(20)23(33)31(4)12-21(16)36-5/h6-7,10,13,15-17,21,29H,8-9,11-12,14H2,1-5H3/t16-,17+,21-/m1/s1. The Morgan fingerprint density at radius 2 is 1.92 bits per heavy atom. The molecular formula is C24H34F3N5O5S. The molecule has 0 bridgehead atoms. The number of likely N-dealkylation sites (N-methyl/N-ethyl adjacent to an activating group) is 1. The summed E-state index contributed by atoms with van der Waals surface area (Å²) in [7, 11) is 0.733. The molecule has 0 unspecified atom stereocenters. The summed E-state index contributed by atoms with van der Waals surface area (Å²) in [6, 6.07) is 3.84. The summed E-state index contributed by atoms with van der Waals surface area (Å²) >= 11 is 0. The van der Waals surface area contributed by atoms with E-state index < -0.39 is 34.8 Å². The molecule has 0 fully saturated rings. The fourth-order valence-electron chi connectivity index (χ4n) is 4.23. The Hall–Kier alpha value is -2.84. The Labute approximate surface area is 220 Å². The molecule has 212 valence electrons. The normalized spacial score (nSPS) is 22.3. The zero-order chi connectivity index (χ0) is 28.3. The first-order valence-electron chi connectivity index (χ1n) is 12.1. The van der Waals surface area contributed by atoms with Crippen molar-refractivity contribution in [3.05, 3.63) is 36.3 Å². The first-order chi connectivity index (χ1) is 17.7. The Balaban J connectivity index is 1.94. The van der Waals surface area contributed by atoms with Crippen LogP contribution in [0.25, 0.3) is 0 Å². The van der Waals surface area contributed by atoms with Crippen LogP contribution in [0.4, 0.5) is 18.9 Å². The number of aromatic nitrogens is 2. The third-order valence-electron chi connectivity index (χ3n) is 6.47. The number of aryl methyl sites for hydroxylation is 1. The number of carbonyl (C=O) groups is 1. The van der Waals surface area contributed by atoms with E-state index in [0.717, 1.165) is 0 Å². The van der Waals surface area contributed by atoms with Gasteiger partial charge in [0.1, 0.15) is 12.4 Å². The quantitative estimate of drug-likeness (QED) is 0.578. The number of alkyl halides is 3. The lowest BCUT2D eigenvalue weighted by Crippen LogP contribution is -2.47. The van der Waals surface area contributed by atoms with Crippen LogP contribution in [-0.4, -0.2) is 92.4 Å². The largest absolute Gasteiger partial charge is 0.491 e. The molecule has 1 N–H and O–H groups in total. The molecule has 10 nitrogen and oxygen atoms in total. The van der Waals surface area contributed by atoms with Gasteiger partial charge in [0.05, 0.1) is 30.1 Å². The number of methoxy groups -OCH3 is 1. The van der Waals surface area contributed by atoms with Crippen LogP contribution in [0.3, 0.4) is 0 Å². The number of halogens is 3. The van der Waals surface area contributed by atoms with Crippen molar-refractivity contribution >= 4 is 21.6 Å². The molecule has 38 heavy (non-hydrogen) atoms. The van der Waals surface area contributed by atoms with Gasteiger partial charge in [0.15, 0.2) is 5.03 Å². The van der Waals surface area contributed by atoms with E-state index in [9.17, 15) is 26.4 Å². The highest BCUT2D eigenvalue weighted by Gasteiger charge is 2.32. The number of nitrogens with zero attached hydrogens (tertiary/aromatic N) is 4. The van der Waals surface area contributed by atoms with Crippen LogP contribution in [0.15, 0.2) is 35.7 Å². The molecule has 3 atom stereocenters. The lowest BCUT2D eigenvalue weighted by molar-refractivity contribution is -0.140. The maximum Gasteiger partial charge on any atom is 0.390 e. The van der Waals surface area contributed by atoms with E-state index in [-0.39, 0.29) is 53.5 Å². The zero-order valence-electron chi connectivity index (χ0n) is 22.0. The first-order valence-corrected chi connectivity index (χ1v) is 13.5. The number of ether oxygens (including phenoxy) is 2. The highest BCUT2D eigenvalue weighted by molar-refractivity contribution is 7.92. The smallest absolute Gasteiger partial charge is 0.390 e. The number of fused-ring (bicyclic) bond motifs is 1. The van der Waals surface area contributed by atoms with Crippen LogP contribution < -0.4 is 9.46 Å². The average molecular weight is 562 g/mol. The topological polar surface area (TPSA) is 106 Å². The predicted octanol–water partition coefficient (Wildman–Crippen LogP) is 2.98. The lowest BCUT2D eigenvalue weighted by atomic mass is 10.0. The molecule has 2 heterocycles. The third-order valence-corrected chi connectivity index (χ3v) is 7.73. The van der Waals surface area contributed by atoms with Crippen molar-refractivity contribution in [2.75, 3.05) is 45.1 Å². The summed E-state index contributed by atoms with van der Waals surface area (Å²) in [5, 5.41) is -0.182. The van der Waals surface area contributed by atoms with Gasteiger partial charge in [-0.1, -0.05) is 6.92 Å². The molecule has 2 aromatic rings. The van der Waals surface area contributed by atoms with E-state index in [1.807, 2.05) is 6.92 Å². The van der Waals surface area contributed by atoms with Crippen LogP contribution >= 0.6 is 0 Å². The van der Waals surface area contributed by atoms with Crippen molar-refractivity contribution in [1.29, 1.82) is 0 Å². The Morgan fingerprint density at radius 1 is 1.21 bits per heavy atom. The van der Waals surface area contributed by atoms with Crippen molar-refractivity contribution in [2.45, 2.75) is 43.6 Å². The summed E-state index contributed by atoms with van der Waals surface area (Å²) in [6.07, 6.45) is -3.01. The minimum atomic E-state index is -4.31. The summed E-state index contributed by atoms with van der Waals surface area (Å²) < 4.78 is 80.0. The second-order valence-corrected chi connectivity index (χ2v) is 11.3. The molecule has 1 aromatic carbocycles. The van der Waals surface area contributed by atoms with Gasteiger partial charge in [-0.3, -0.25) is 14.4 Å². The Kier molecular flexibility index (Phi) is 9.31. The summed E-state index contributed by atoms with van der Waals surface area (Å²) in [6.45, 7) is 3.88. The second-order valence-electron chi connectivity index (χ2n) is 9.65. The van der Waals surface area contributed by atoms with Crippen LogP contribution in [0.5, 0.6) is 5.75 Å². The molecule has 0 radical (unpaired) electrons. The van der Waals surface area contributed by atoms with Crippen LogP contribution in [0.1, 0.15) is 30.6 Å². The molecule has 0 saturated heterocycles. The van der Waals surface area contributed by atoms with Crippen molar-refractivity contribution in [3.8, 4) is 5.75 Å². The summed E-state index contributed by atoms with van der Waals surface area (Å²) in [5.41, 5.74) is 0.326. The molecule has 1 aliphatic rings. The van der Waals surface area contributed by atoms with Crippen molar-refractivity contribution in [1.82, 2.24) is 19.4 Å². The van der Waals surface area contributed by atoms with E-state index in [2.05, 4.69) is 9.71 Å². The van der Waals surface area contributed by atoms with Gasteiger partial charge < -0.3 is 18.9 Å². The SMILES string of the molecule is CO[C@@H]1CN(C)C(=O)c2ccc(NS(=O)(=O)c3cn(C)cn3)cc2OC[C@H](C)N(CCC(F)(F)F)C[C@H]1C. The minimum absolute atomic E-state index is 0.0251. The predicted molar refractivity (Wildman–Crippen MR) is 135 cm³/mol. The van der Waals surface area contributed by atoms with Gasteiger partial charge in [-0.25, -0.2) is 4.98 Å². The van der Waals surface area contributed by atoms with Gasteiger partial charge in [-0.05, 0) is 25.0 Å². The lowest BCUT2D eigenvalue weighted by Gasteiger charge is -2.36. The number of amides is 1. The second kappa shape index (κ2) is 11.9. The highest BCUT2D eigenvalue weighted by Crippen LogP contribution is 2.28. The van der Waals surface area contributed by atoms with Crippen molar-refractivity contribution in [3.63, 3.8) is 0 Å². The monoisotopic (exact) mass is 561 g/mol. The highest BCUT2D eigenvalue weighted by atomic mass is 32.2. The number of anilines is 1. The van der Waals surface area contributed by atoms with E-state index in [0.29, 0.717) is 6.54 Å². The molecule has 1 amide bonds. The number of benzene rings is 1. The number of hydrogen-bond donors (Lipinski definition) is 1. The molecule has 1 aromatic heterocycles. The number of sulfonamides is 1. The molecule has 1 aliphatic heterocycles. The van der Waals surface area contributed by atoms with E-state index >= 15 is 0 Å². The van der Waals surface area contributed by atoms with Gasteiger partial charge in [0.2, 0.25) is 0 Å². The van der Waals surface area contributed by atoms with E-state index in [1.165, 1.54) is 47.3 Å². The maximum absolute atomic E-state index is 13.3. The zero-order valence-corrected chi connectivity index (χ0v) is 22.8. The van der Waals surface area contributed by atoms with Gasteiger partial charge in [0.25, 0.3) is 15.9 Å². The van der Waals surface area contributed by atoms with E-state index in [1.54, 1.807) is 25.9 Å². The van der Waals surface area contributed by atoms with Crippen molar-refractivity contribution in [2.24, 2.45) is 13.0 Å². The molecule has 0 aliphatic carbocycles. The molecule has 3 rings (SSSR count). The van der Waals surface area contributed by atoms with Crippen LogP contribution in [0, 0.1) is 5.92 Å². The number of nitrogens with one attached hydrogen (secondary N) is 1. The Bertz CT molecular complexity index is 1220. The summed E-state index contributed by atoms with van der Waals surface area (Å²) in [4.78, 5) is 20.3. The van der Waals surface area contributed by atoms with Gasteiger partial charge >= 0.3 is 6.18 Å². The first kappa shape index (κ1) is 29.7. The average Bonchev–Trinajstić information content (AvgIpc) is 3.29. The van der Waals surface area contributed by atoms with Crippen molar-refractivity contribution < 1.29 is 35.9 Å². The fraction of sp³-hybridized carbons (Fsp3) is 0.583. The Morgan fingerprint density at radius 3 is 2.53 bits per heavy atom. The number of imidazole rings is 1. The number of rotatable bonds is 6. The molecular weight excluding hydrogens is 527 g/mol. The van der Waals surface area contributed by atoms with E-state index in [4.69, 9.17) is 9.47 Å². The molecule has 14 heteroatoms. The number of carbonyl (C=O) groups excluding carboxylic acids is 1. The molecule has 0 spiro atoms. The van der Waals surface area contributed by atoms with Gasteiger partial charge in [-0.15, -0.1) is 0 Å². The summed E-state index contributed by atoms with van der Waals surface area (Å²) in [5.74, 6) is -0.433.